The molecule has 204 valence electrons. The van der Waals surface area contributed by atoms with E-state index in [1.54, 1.807) is 30.3 Å². The molecular formula is C32H31N3O5. The molecule has 0 unspecified atom stereocenters. The Morgan fingerprint density at radius 2 is 1.35 bits per heavy atom. The number of hydrogen-bond acceptors (Lipinski definition) is 5. The molecule has 4 aromatic carbocycles. The van der Waals surface area contributed by atoms with Crippen LogP contribution in [-0.2, 0) is 29.2 Å². The lowest BCUT2D eigenvalue weighted by Crippen LogP contribution is -2.45. The SMILES string of the molecule is CC(=O)Nc1cccc(C(=O)N[C@H](Cc2ccc(OCc3ccccc3)c(OCc3ccccc3)c2)C(N)=O)c1. The molecule has 0 aromatic heterocycles. The van der Waals surface area contributed by atoms with Crippen molar-refractivity contribution < 1.29 is 23.9 Å². The van der Waals surface area contributed by atoms with E-state index in [-0.39, 0.29) is 17.9 Å². The van der Waals surface area contributed by atoms with Gasteiger partial charge in [0.05, 0.1) is 0 Å². The van der Waals surface area contributed by atoms with Gasteiger partial charge in [0.15, 0.2) is 11.5 Å². The molecule has 3 amide bonds. The van der Waals surface area contributed by atoms with E-state index in [0.717, 1.165) is 16.7 Å². The van der Waals surface area contributed by atoms with Gasteiger partial charge in [-0.15, -0.1) is 0 Å². The highest BCUT2D eigenvalue weighted by Crippen LogP contribution is 2.30. The van der Waals surface area contributed by atoms with E-state index in [2.05, 4.69) is 10.6 Å². The molecule has 0 aliphatic heterocycles. The van der Waals surface area contributed by atoms with Crippen molar-refractivity contribution in [3.8, 4) is 11.5 Å². The molecule has 1 atom stereocenters. The van der Waals surface area contributed by atoms with Crippen LogP contribution in [0.5, 0.6) is 11.5 Å². The Morgan fingerprint density at radius 3 is 1.95 bits per heavy atom. The summed E-state index contributed by atoms with van der Waals surface area (Å²) in [5.41, 5.74) is 9.15. The molecule has 4 rings (SSSR count). The fourth-order valence-corrected chi connectivity index (χ4v) is 4.02. The maximum atomic E-state index is 12.9. The Labute approximate surface area is 233 Å². The molecule has 0 saturated heterocycles. The number of carbonyl (C=O) groups excluding carboxylic acids is 3. The van der Waals surface area contributed by atoms with Crippen LogP contribution >= 0.6 is 0 Å². The number of carbonyl (C=O) groups is 3. The maximum Gasteiger partial charge on any atom is 0.252 e. The second-order valence-electron chi connectivity index (χ2n) is 9.22. The van der Waals surface area contributed by atoms with Crippen LogP contribution in [0.4, 0.5) is 5.69 Å². The van der Waals surface area contributed by atoms with Gasteiger partial charge in [0, 0.05) is 24.6 Å². The van der Waals surface area contributed by atoms with Gasteiger partial charge in [-0.25, -0.2) is 0 Å². The molecule has 0 spiro atoms. The summed E-state index contributed by atoms with van der Waals surface area (Å²) in [6.07, 6.45) is 0.146. The van der Waals surface area contributed by atoms with Gasteiger partial charge in [0.25, 0.3) is 5.91 Å². The van der Waals surface area contributed by atoms with Gasteiger partial charge >= 0.3 is 0 Å². The van der Waals surface area contributed by atoms with E-state index < -0.39 is 17.9 Å². The molecule has 4 N–H and O–H groups in total. The van der Waals surface area contributed by atoms with Crippen LogP contribution in [-0.4, -0.2) is 23.8 Å². The minimum atomic E-state index is -0.977. The standard InChI is InChI=1S/C32H31N3O5/c1-22(36)34-27-14-8-13-26(19-27)32(38)35-28(31(33)37)17-25-15-16-29(39-20-23-9-4-2-5-10-23)30(18-25)40-21-24-11-6-3-7-12-24/h2-16,18-19,28H,17,20-21H2,1H3,(H2,33,37)(H,34,36)(H,35,38)/t28-/m1/s1. The Hall–Kier alpha value is -5.11. The van der Waals surface area contributed by atoms with Gasteiger partial charge in [0.2, 0.25) is 11.8 Å². The third kappa shape index (κ3) is 8.19. The van der Waals surface area contributed by atoms with Crippen LogP contribution < -0.4 is 25.8 Å². The van der Waals surface area contributed by atoms with Gasteiger partial charge in [0.1, 0.15) is 19.3 Å². The highest BCUT2D eigenvalue weighted by atomic mass is 16.5. The molecule has 0 aliphatic carbocycles. The van der Waals surface area contributed by atoms with Gasteiger partial charge in [-0.1, -0.05) is 72.8 Å². The predicted octanol–water partition coefficient (Wildman–Crippen LogP) is 4.63. The molecule has 0 fully saturated rings. The summed E-state index contributed by atoms with van der Waals surface area (Å²) in [4.78, 5) is 36.6. The summed E-state index contributed by atoms with van der Waals surface area (Å²) in [7, 11) is 0. The first-order valence-corrected chi connectivity index (χ1v) is 12.8. The summed E-state index contributed by atoms with van der Waals surface area (Å²) in [5.74, 6) is -0.358. The average molecular weight is 538 g/mol. The molecule has 8 heteroatoms. The smallest absolute Gasteiger partial charge is 0.252 e. The Morgan fingerprint density at radius 1 is 0.725 bits per heavy atom. The van der Waals surface area contributed by atoms with Gasteiger partial charge in [-0.2, -0.15) is 0 Å². The largest absolute Gasteiger partial charge is 0.485 e. The van der Waals surface area contributed by atoms with Crippen molar-refractivity contribution in [3.05, 3.63) is 125 Å². The second-order valence-corrected chi connectivity index (χ2v) is 9.22. The molecule has 4 aromatic rings. The number of amides is 3. The lowest BCUT2D eigenvalue weighted by molar-refractivity contribution is -0.119. The lowest BCUT2D eigenvalue weighted by Gasteiger charge is -2.18. The zero-order valence-electron chi connectivity index (χ0n) is 22.1. The van der Waals surface area contributed by atoms with Crippen molar-refractivity contribution in [2.24, 2.45) is 5.73 Å². The number of primary amides is 1. The Balaban J connectivity index is 1.51. The monoisotopic (exact) mass is 537 g/mol. The minimum Gasteiger partial charge on any atom is -0.485 e. The average Bonchev–Trinajstić information content (AvgIpc) is 2.96. The fourth-order valence-electron chi connectivity index (χ4n) is 4.02. The number of nitrogens with one attached hydrogen (secondary N) is 2. The molecule has 8 nitrogen and oxygen atoms in total. The van der Waals surface area contributed by atoms with Gasteiger partial charge < -0.3 is 25.8 Å². The zero-order chi connectivity index (χ0) is 28.3. The van der Waals surface area contributed by atoms with Crippen molar-refractivity contribution in [1.29, 1.82) is 0 Å². The number of benzene rings is 4. The summed E-state index contributed by atoms with van der Waals surface area (Å²) in [6, 6.07) is 30.4. The predicted molar refractivity (Wildman–Crippen MR) is 153 cm³/mol. The highest BCUT2D eigenvalue weighted by molar-refractivity contribution is 5.99. The van der Waals surface area contributed by atoms with Crippen LogP contribution in [0.1, 0.15) is 34.0 Å². The Bertz CT molecular complexity index is 1460. The summed E-state index contributed by atoms with van der Waals surface area (Å²) in [6.45, 7) is 2.07. The lowest BCUT2D eigenvalue weighted by atomic mass is 10.0. The fraction of sp³-hybridized carbons (Fsp3) is 0.156. The van der Waals surface area contributed by atoms with Crippen molar-refractivity contribution in [1.82, 2.24) is 5.32 Å². The number of rotatable bonds is 12. The zero-order valence-corrected chi connectivity index (χ0v) is 22.1. The quantitative estimate of drug-likeness (QED) is 0.243. The van der Waals surface area contributed by atoms with Crippen LogP contribution in [0.15, 0.2) is 103 Å². The van der Waals surface area contributed by atoms with Crippen LogP contribution in [0.3, 0.4) is 0 Å². The minimum absolute atomic E-state index is 0.146. The van der Waals surface area contributed by atoms with E-state index in [1.807, 2.05) is 66.7 Å². The molecule has 0 saturated carbocycles. The van der Waals surface area contributed by atoms with Crippen LogP contribution in [0, 0.1) is 0 Å². The molecule has 0 bridgehead atoms. The van der Waals surface area contributed by atoms with Crippen molar-refractivity contribution >= 4 is 23.4 Å². The molecule has 0 aliphatic rings. The number of hydrogen-bond donors (Lipinski definition) is 3. The van der Waals surface area contributed by atoms with Crippen molar-refractivity contribution in [3.63, 3.8) is 0 Å². The van der Waals surface area contributed by atoms with E-state index in [0.29, 0.717) is 30.4 Å². The number of anilines is 1. The van der Waals surface area contributed by atoms with Crippen LogP contribution in [0.2, 0.25) is 0 Å². The molecular weight excluding hydrogens is 506 g/mol. The van der Waals surface area contributed by atoms with Crippen LogP contribution in [0.25, 0.3) is 0 Å². The topological polar surface area (TPSA) is 120 Å². The second kappa shape index (κ2) is 13.6. The first kappa shape index (κ1) is 27.9. The third-order valence-corrected chi connectivity index (χ3v) is 6.02. The van der Waals surface area contributed by atoms with E-state index in [1.165, 1.54) is 13.0 Å². The molecule has 0 heterocycles. The maximum absolute atomic E-state index is 12.9. The van der Waals surface area contributed by atoms with Gasteiger partial charge in [-0.3, -0.25) is 14.4 Å². The third-order valence-electron chi connectivity index (χ3n) is 6.02. The molecule has 0 radical (unpaired) electrons. The van der Waals surface area contributed by atoms with Gasteiger partial charge in [-0.05, 0) is 47.0 Å². The van der Waals surface area contributed by atoms with E-state index in [9.17, 15) is 14.4 Å². The normalized spacial score (nSPS) is 11.2. The first-order chi connectivity index (χ1) is 19.4. The highest BCUT2D eigenvalue weighted by Gasteiger charge is 2.21. The summed E-state index contributed by atoms with van der Waals surface area (Å²) < 4.78 is 12.2. The molecule has 40 heavy (non-hydrogen) atoms. The van der Waals surface area contributed by atoms with E-state index in [4.69, 9.17) is 15.2 Å². The number of nitrogens with two attached hydrogens (primary N) is 1. The first-order valence-electron chi connectivity index (χ1n) is 12.8. The summed E-state index contributed by atoms with van der Waals surface area (Å²) >= 11 is 0. The van der Waals surface area contributed by atoms with E-state index >= 15 is 0 Å². The van der Waals surface area contributed by atoms with Crippen molar-refractivity contribution in [2.45, 2.75) is 32.6 Å². The van der Waals surface area contributed by atoms with Crippen molar-refractivity contribution in [2.75, 3.05) is 5.32 Å². The Kier molecular flexibility index (Phi) is 9.50. The number of ether oxygens (including phenoxy) is 2. The summed E-state index contributed by atoms with van der Waals surface area (Å²) in [5, 5.41) is 5.34.